The maximum atomic E-state index is 12.7. The lowest BCUT2D eigenvalue weighted by Crippen LogP contribution is -2.40. The summed E-state index contributed by atoms with van der Waals surface area (Å²) in [5.41, 5.74) is 2.17. The van der Waals surface area contributed by atoms with Crippen molar-refractivity contribution >= 4 is 16.9 Å². The van der Waals surface area contributed by atoms with Crippen molar-refractivity contribution in [3.8, 4) is 11.5 Å². The third-order valence-electron chi connectivity index (χ3n) is 4.42. The predicted molar refractivity (Wildman–Crippen MR) is 94.0 cm³/mol. The first-order valence-corrected chi connectivity index (χ1v) is 8.15. The van der Waals surface area contributed by atoms with Crippen molar-refractivity contribution in [2.45, 2.75) is 26.3 Å². The minimum atomic E-state index is -0.590. The maximum absolute atomic E-state index is 12.7. The van der Waals surface area contributed by atoms with Gasteiger partial charge < -0.3 is 19.2 Å². The molecular weight excluding hydrogens is 318 g/mol. The van der Waals surface area contributed by atoms with Gasteiger partial charge in [0.05, 0.1) is 5.54 Å². The van der Waals surface area contributed by atoms with Gasteiger partial charge in [0, 0.05) is 5.39 Å². The Morgan fingerprint density at radius 3 is 2.68 bits per heavy atom. The summed E-state index contributed by atoms with van der Waals surface area (Å²) in [7, 11) is 0. The highest BCUT2D eigenvalue weighted by Gasteiger charge is 2.27. The van der Waals surface area contributed by atoms with Gasteiger partial charge in [-0.2, -0.15) is 0 Å². The number of carbonyl (C=O) groups is 1. The summed E-state index contributed by atoms with van der Waals surface area (Å²) in [6.07, 6.45) is 0. The Morgan fingerprint density at radius 1 is 1.04 bits per heavy atom. The van der Waals surface area contributed by atoms with Crippen molar-refractivity contribution in [1.29, 1.82) is 0 Å². The van der Waals surface area contributed by atoms with E-state index in [1.807, 2.05) is 57.2 Å². The molecule has 0 atom stereocenters. The van der Waals surface area contributed by atoms with Gasteiger partial charge in [0.25, 0.3) is 5.91 Å². The summed E-state index contributed by atoms with van der Waals surface area (Å²) in [4.78, 5) is 12.7. The van der Waals surface area contributed by atoms with Crippen LogP contribution >= 0.6 is 0 Å². The molecule has 1 amide bonds. The number of carbonyl (C=O) groups excluding carboxylic acids is 1. The van der Waals surface area contributed by atoms with Crippen molar-refractivity contribution < 1.29 is 18.7 Å². The Balaban J connectivity index is 1.59. The molecule has 1 aliphatic rings. The number of ether oxygens (including phenoxy) is 2. The topological polar surface area (TPSA) is 60.7 Å². The van der Waals surface area contributed by atoms with Crippen molar-refractivity contribution in [2.75, 3.05) is 6.79 Å². The molecule has 0 aliphatic carbocycles. The van der Waals surface area contributed by atoms with E-state index in [4.69, 9.17) is 13.9 Å². The molecule has 0 spiro atoms. The first-order valence-electron chi connectivity index (χ1n) is 8.15. The molecule has 128 valence electrons. The second-order valence-electron chi connectivity index (χ2n) is 6.80. The smallest absolute Gasteiger partial charge is 0.287 e. The van der Waals surface area contributed by atoms with E-state index in [2.05, 4.69) is 5.32 Å². The number of aryl methyl sites for hydroxylation is 1. The van der Waals surface area contributed by atoms with Crippen molar-refractivity contribution in [3.63, 3.8) is 0 Å². The lowest BCUT2D eigenvalue weighted by molar-refractivity contribution is 0.0885. The molecule has 5 nitrogen and oxygen atoms in total. The fraction of sp³-hybridized carbons (Fsp3) is 0.250. The van der Waals surface area contributed by atoms with Gasteiger partial charge >= 0.3 is 0 Å². The summed E-state index contributed by atoms with van der Waals surface area (Å²) in [6.45, 7) is 6.11. The molecule has 0 fully saturated rings. The summed E-state index contributed by atoms with van der Waals surface area (Å²) in [5, 5.41) is 3.95. The average Bonchev–Trinajstić information content (AvgIpc) is 3.19. The molecule has 1 aromatic heterocycles. The second-order valence-corrected chi connectivity index (χ2v) is 6.80. The van der Waals surface area contributed by atoms with Crippen LogP contribution in [0.1, 0.15) is 35.5 Å². The molecule has 1 aliphatic heterocycles. The lowest BCUT2D eigenvalue weighted by Gasteiger charge is -2.26. The van der Waals surface area contributed by atoms with Gasteiger partial charge in [-0.25, -0.2) is 0 Å². The number of nitrogens with one attached hydrogen (secondary N) is 1. The third-order valence-corrected chi connectivity index (χ3v) is 4.42. The van der Waals surface area contributed by atoms with E-state index in [0.717, 1.165) is 22.3 Å². The third kappa shape index (κ3) is 2.82. The van der Waals surface area contributed by atoms with E-state index in [-0.39, 0.29) is 12.7 Å². The first-order chi connectivity index (χ1) is 11.9. The molecule has 1 N–H and O–H groups in total. The average molecular weight is 337 g/mol. The van der Waals surface area contributed by atoms with Crippen LogP contribution in [0, 0.1) is 6.92 Å². The fourth-order valence-corrected chi connectivity index (χ4v) is 2.98. The van der Waals surface area contributed by atoms with E-state index in [1.165, 1.54) is 0 Å². The van der Waals surface area contributed by atoms with Crippen LogP contribution < -0.4 is 14.8 Å². The number of furan rings is 1. The summed E-state index contributed by atoms with van der Waals surface area (Å²) >= 11 is 0. The molecule has 2 aromatic carbocycles. The van der Waals surface area contributed by atoms with Crippen LogP contribution in [-0.2, 0) is 5.54 Å². The molecule has 0 unspecified atom stereocenters. The Hall–Kier alpha value is -2.95. The molecule has 3 aromatic rings. The van der Waals surface area contributed by atoms with Gasteiger partial charge in [-0.05, 0) is 56.7 Å². The minimum Gasteiger partial charge on any atom is -0.454 e. The van der Waals surface area contributed by atoms with Gasteiger partial charge in [-0.1, -0.05) is 17.7 Å². The zero-order valence-electron chi connectivity index (χ0n) is 14.4. The van der Waals surface area contributed by atoms with Crippen molar-refractivity contribution in [3.05, 3.63) is 59.4 Å². The van der Waals surface area contributed by atoms with E-state index in [1.54, 1.807) is 6.07 Å². The number of hydrogen-bond donors (Lipinski definition) is 1. The first kappa shape index (κ1) is 15.6. The number of amides is 1. The Labute approximate surface area is 145 Å². The van der Waals surface area contributed by atoms with E-state index < -0.39 is 5.54 Å². The van der Waals surface area contributed by atoms with Crippen LogP contribution in [0.25, 0.3) is 11.0 Å². The monoisotopic (exact) mass is 337 g/mol. The van der Waals surface area contributed by atoms with Crippen LogP contribution in [0.3, 0.4) is 0 Å². The SMILES string of the molecule is Cc1ccc2oc(C(=O)NC(C)(C)c3ccc4c(c3)OCO4)cc2c1. The number of fused-ring (bicyclic) bond motifs is 2. The predicted octanol–water partition coefficient (Wildman–Crippen LogP) is 4.14. The number of benzene rings is 2. The molecule has 5 heteroatoms. The van der Waals surface area contributed by atoms with Crippen LogP contribution in [0.15, 0.2) is 46.9 Å². The van der Waals surface area contributed by atoms with Crippen LogP contribution in [0.5, 0.6) is 11.5 Å². The number of hydrogen-bond acceptors (Lipinski definition) is 4. The normalized spacial score (nSPS) is 13.2. The Morgan fingerprint density at radius 2 is 1.84 bits per heavy atom. The van der Waals surface area contributed by atoms with Gasteiger partial charge in [-0.3, -0.25) is 4.79 Å². The van der Waals surface area contributed by atoms with Crippen LogP contribution in [-0.4, -0.2) is 12.7 Å². The van der Waals surface area contributed by atoms with Gasteiger partial charge in [0.2, 0.25) is 6.79 Å². The fourth-order valence-electron chi connectivity index (χ4n) is 2.98. The molecule has 0 bridgehead atoms. The molecule has 0 saturated carbocycles. The Kier molecular flexibility index (Phi) is 3.46. The van der Waals surface area contributed by atoms with Crippen LogP contribution in [0.2, 0.25) is 0 Å². The highest BCUT2D eigenvalue weighted by molar-refractivity contribution is 5.96. The van der Waals surface area contributed by atoms with E-state index in [9.17, 15) is 4.79 Å². The van der Waals surface area contributed by atoms with Gasteiger partial charge in [0.1, 0.15) is 5.58 Å². The minimum absolute atomic E-state index is 0.226. The highest BCUT2D eigenvalue weighted by atomic mass is 16.7. The van der Waals surface area contributed by atoms with Crippen molar-refractivity contribution in [2.24, 2.45) is 0 Å². The number of rotatable bonds is 3. The summed E-state index contributed by atoms with van der Waals surface area (Å²) in [6, 6.07) is 13.3. The molecular formula is C20H19NO4. The zero-order valence-corrected chi connectivity index (χ0v) is 14.4. The summed E-state index contributed by atoms with van der Waals surface area (Å²) in [5.74, 6) is 1.46. The van der Waals surface area contributed by atoms with Crippen molar-refractivity contribution in [1.82, 2.24) is 5.32 Å². The molecule has 0 saturated heterocycles. The van der Waals surface area contributed by atoms with Crippen LogP contribution in [0.4, 0.5) is 0 Å². The highest BCUT2D eigenvalue weighted by Crippen LogP contribution is 2.35. The quantitative estimate of drug-likeness (QED) is 0.780. The van der Waals surface area contributed by atoms with E-state index in [0.29, 0.717) is 17.1 Å². The van der Waals surface area contributed by atoms with E-state index >= 15 is 0 Å². The maximum Gasteiger partial charge on any atom is 0.287 e. The molecule has 25 heavy (non-hydrogen) atoms. The van der Waals surface area contributed by atoms with Gasteiger partial charge in [0.15, 0.2) is 17.3 Å². The standard InChI is InChI=1S/C20H19NO4/c1-12-4-6-15-13(8-12)9-18(25-15)19(22)21-20(2,3)14-5-7-16-17(10-14)24-11-23-16/h4-10H,11H2,1-3H3,(H,21,22). The molecule has 2 heterocycles. The second kappa shape index (κ2) is 5.55. The molecule has 0 radical (unpaired) electrons. The summed E-state index contributed by atoms with van der Waals surface area (Å²) < 4.78 is 16.4. The largest absolute Gasteiger partial charge is 0.454 e. The van der Waals surface area contributed by atoms with Gasteiger partial charge in [-0.15, -0.1) is 0 Å². The zero-order chi connectivity index (χ0) is 17.6. The Bertz CT molecular complexity index is 971. The lowest BCUT2D eigenvalue weighted by atomic mass is 9.93. The molecule has 4 rings (SSSR count).